The van der Waals surface area contributed by atoms with Gasteiger partial charge in [0.1, 0.15) is 0 Å². The zero-order chi connectivity index (χ0) is 15.2. The first-order valence-electron chi connectivity index (χ1n) is 8.08. The van der Waals surface area contributed by atoms with Crippen molar-refractivity contribution in [3.63, 3.8) is 0 Å². The van der Waals surface area contributed by atoms with Gasteiger partial charge in [-0.3, -0.25) is 0 Å². The number of thioether (sulfide) groups is 1. The van der Waals surface area contributed by atoms with Gasteiger partial charge in [-0.1, -0.05) is 18.2 Å². The summed E-state index contributed by atoms with van der Waals surface area (Å²) in [6, 6.07) is 10.7. The maximum Gasteiger partial charge on any atom is 0.178 e. The molecule has 1 fully saturated rings. The Balaban J connectivity index is 1.68. The molecule has 116 valence electrons. The molecule has 1 saturated heterocycles. The van der Waals surface area contributed by atoms with Crippen molar-refractivity contribution < 1.29 is 0 Å². The molecule has 23 heavy (non-hydrogen) atoms. The minimum atomic E-state index is 0.449. The highest BCUT2D eigenvalue weighted by molar-refractivity contribution is 7.98. The van der Waals surface area contributed by atoms with E-state index in [4.69, 9.17) is 5.10 Å². The Morgan fingerprint density at radius 3 is 2.91 bits per heavy atom. The van der Waals surface area contributed by atoms with Crippen molar-refractivity contribution in [2.75, 3.05) is 13.1 Å². The molecule has 3 aromatic rings. The molecule has 2 aliphatic rings. The number of benzene rings is 1. The summed E-state index contributed by atoms with van der Waals surface area (Å²) in [7, 11) is 0. The van der Waals surface area contributed by atoms with E-state index < -0.39 is 0 Å². The second-order valence-electron chi connectivity index (χ2n) is 6.16. The molecule has 5 rings (SSSR count). The van der Waals surface area contributed by atoms with Gasteiger partial charge < -0.3 is 5.32 Å². The molecule has 0 spiro atoms. The first kappa shape index (κ1) is 13.5. The quantitative estimate of drug-likeness (QED) is 0.746. The average Bonchev–Trinajstić information content (AvgIpc) is 3.03. The summed E-state index contributed by atoms with van der Waals surface area (Å²) in [6.07, 6.45) is 2.21. The van der Waals surface area contributed by atoms with Crippen LogP contribution in [0.5, 0.6) is 0 Å². The van der Waals surface area contributed by atoms with Gasteiger partial charge in [0.15, 0.2) is 11.5 Å². The van der Waals surface area contributed by atoms with Gasteiger partial charge in [-0.25, -0.2) is 0 Å². The Morgan fingerprint density at radius 2 is 2.00 bits per heavy atom. The second kappa shape index (κ2) is 5.32. The summed E-state index contributed by atoms with van der Waals surface area (Å²) in [6.45, 7) is 2.09. The highest BCUT2D eigenvalue weighted by Gasteiger charge is 2.24. The highest BCUT2D eigenvalue weighted by atomic mass is 32.2. The van der Waals surface area contributed by atoms with E-state index in [2.05, 4.69) is 45.8 Å². The number of nitrogens with one attached hydrogen (secondary N) is 1. The van der Waals surface area contributed by atoms with Crippen molar-refractivity contribution in [1.29, 1.82) is 0 Å². The summed E-state index contributed by atoms with van der Waals surface area (Å²) < 4.78 is 1.97. The Morgan fingerprint density at radius 1 is 1.13 bits per heavy atom. The van der Waals surface area contributed by atoms with E-state index >= 15 is 0 Å². The molecule has 1 N–H and O–H groups in total. The highest BCUT2D eigenvalue weighted by Crippen LogP contribution is 2.40. The zero-order valence-corrected chi connectivity index (χ0v) is 13.5. The molecule has 5 nitrogen and oxygen atoms in total. The van der Waals surface area contributed by atoms with Crippen LogP contribution in [0.2, 0.25) is 0 Å². The van der Waals surface area contributed by atoms with Crippen LogP contribution in [0.3, 0.4) is 0 Å². The van der Waals surface area contributed by atoms with Crippen LogP contribution in [-0.4, -0.2) is 32.9 Å². The van der Waals surface area contributed by atoms with Crippen molar-refractivity contribution in [2.45, 2.75) is 29.4 Å². The lowest BCUT2D eigenvalue weighted by molar-refractivity contribution is 0.439. The number of rotatable bonds is 1. The van der Waals surface area contributed by atoms with Gasteiger partial charge >= 0.3 is 0 Å². The fourth-order valence-corrected chi connectivity index (χ4v) is 4.53. The van der Waals surface area contributed by atoms with Gasteiger partial charge in [0.05, 0.1) is 5.69 Å². The van der Waals surface area contributed by atoms with Crippen molar-refractivity contribution >= 4 is 17.4 Å². The lowest BCUT2D eigenvalue weighted by Gasteiger charge is -2.21. The third kappa shape index (κ3) is 2.16. The third-order valence-electron chi connectivity index (χ3n) is 4.73. The summed E-state index contributed by atoms with van der Waals surface area (Å²) in [5.74, 6) is 2.41. The van der Waals surface area contributed by atoms with Crippen LogP contribution in [-0.2, 0) is 5.75 Å². The molecule has 0 saturated carbocycles. The van der Waals surface area contributed by atoms with Gasteiger partial charge in [0.2, 0.25) is 0 Å². The molecule has 0 radical (unpaired) electrons. The predicted molar refractivity (Wildman–Crippen MR) is 90.6 cm³/mol. The Bertz CT molecular complexity index is 882. The molecule has 4 heterocycles. The monoisotopic (exact) mass is 323 g/mol. The second-order valence-corrected chi connectivity index (χ2v) is 7.17. The number of hydrogen-bond donors (Lipinski definition) is 1. The maximum absolute atomic E-state index is 4.95. The van der Waals surface area contributed by atoms with Crippen LogP contribution in [0.15, 0.2) is 35.2 Å². The summed E-state index contributed by atoms with van der Waals surface area (Å²) >= 11 is 1.87. The maximum atomic E-state index is 4.95. The van der Waals surface area contributed by atoms with Gasteiger partial charge in [-0.05, 0) is 43.6 Å². The van der Waals surface area contributed by atoms with Crippen molar-refractivity contribution in [3.05, 3.63) is 41.7 Å². The molecule has 0 unspecified atom stereocenters. The normalized spacial score (nSPS) is 17.9. The average molecular weight is 323 g/mol. The molecule has 0 bridgehead atoms. The zero-order valence-electron chi connectivity index (χ0n) is 12.7. The van der Waals surface area contributed by atoms with Crippen LogP contribution in [0.1, 0.15) is 30.1 Å². The fraction of sp³-hybridized carbons (Fsp3) is 0.353. The van der Waals surface area contributed by atoms with Crippen LogP contribution in [0.4, 0.5) is 0 Å². The Kier molecular flexibility index (Phi) is 3.12. The van der Waals surface area contributed by atoms with E-state index in [1.807, 2.05) is 16.3 Å². The molecule has 0 amide bonds. The van der Waals surface area contributed by atoms with E-state index in [9.17, 15) is 0 Å². The van der Waals surface area contributed by atoms with E-state index in [-0.39, 0.29) is 0 Å². The number of piperidine rings is 1. The van der Waals surface area contributed by atoms with Gasteiger partial charge in [-0.15, -0.1) is 22.0 Å². The SMILES string of the molecule is c1ccc2c(c1)SCc1cc3nnc(C4CCNCC4)n3nc1-2. The summed E-state index contributed by atoms with van der Waals surface area (Å²) in [5.41, 5.74) is 4.44. The van der Waals surface area contributed by atoms with E-state index in [1.54, 1.807) is 0 Å². The van der Waals surface area contributed by atoms with Crippen LogP contribution in [0.25, 0.3) is 16.9 Å². The van der Waals surface area contributed by atoms with E-state index in [0.717, 1.165) is 48.8 Å². The molecule has 6 heteroatoms. The molecule has 2 aromatic heterocycles. The van der Waals surface area contributed by atoms with Crippen LogP contribution < -0.4 is 5.32 Å². The van der Waals surface area contributed by atoms with Crippen molar-refractivity contribution in [3.8, 4) is 11.3 Å². The van der Waals surface area contributed by atoms with Crippen LogP contribution in [0, 0.1) is 0 Å². The van der Waals surface area contributed by atoms with Crippen molar-refractivity contribution in [1.82, 2.24) is 25.1 Å². The van der Waals surface area contributed by atoms with Gasteiger partial charge in [-0.2, -0.15) is 9.61 Å². The Hall–Kier alpha value is -1.92. The largest absolute Gasteiger partial charge is 0.317 e. The number of hydrogen-bond acceptors (Lipinski definition) is 5. The van der Waals surface area contributed by atoms with Gasteiger partial charge in [0.25, 0.3) is 0 Å². The lowest BCUT2D eigenvalue weighted by atomic mass is 9.97. The summed E-state index contributed by atoms with van der Waals surface area (Å²) in [4.78, 5) is 1.31. The molecular formula is C17H17N5S. The standard InChI is InChI=1S/C17H17N5S/c1-2-4-14-13(3-1)16-12(10-23-14)9-15-19-20-17(22(15)21-16)11-5-7-18-8-6-11/h1-4,9,11,18H,5-8,10H2. The smallest absolute Gasteiger partial charge is 0.178 e. The molecule has 0 atom stereocenters. The number of fused-ring (bicyclic) bond motifs is 4. The Labute approximate surface area is 138 Å². The first-order valence-corrected chi connectivity index (χ1v) is 9.07. The topological polar surface area (TPSA) is 55.1 Å². The number of nitrogens with zero attached hydrogens (tertiary/aromatic N) is 4. The van der Waals surface area contributed by atoms with E-state index in [1.165, 1.54) is 16.0 Å². The lowest BCUT2D eigenvalue weighted by Crippen LogP contribution is -2.27. The fourth-order valence-electron chi connectivity index (χ4n) is 3.50. The van der Waals surface area contributed by atoms with Gasteiger partial charge in [0, 0.05) is 22.1 Å². The minimum absolute atomic E-state index is 0.449. The molecule has 0 aliphatic carbocycles. The molecular weight excluding hydrogens is 306 g/mol. The van der Waals surface area contributed by atoms with E-state index in [0.29, 0.717) is 5.92 Å². The summed E-state index contributed by atoms with van der Waals surface area (Å²) in [5, 5.41) is 17.2. The number of aromatic nitrogens is 4. The first-order chi connectivity index (χ1) is 11.4. The molecule has 2 aliphatic heterocycles. The third-order valence-corrected chi connectivity index (χ3v) is 5.85. The van der Waals surface area contributed by atoms with Crippen LogP contribution >= 0.6 is 11.8 Å². The minimum Gasteiger partial charge on any atom is -0.317 e. The predicted octanol–water partition coefficient (Wildman–Crippen LogP) is 2.86. The van der Waals surface area contributed by atoms with Crippen molar-refractivity contribution in [2.24, 2.45) is 0 Å². The molecule has 1 aromatic carbocycles.